The van der Waals surface area contributed by atoms with Crippen molar-refractivity contribution in [2.45, 2.75) is 32.6 Å². The van der Waals surface area contributed by atoms with E-state index in [-0.39, 0.29) is 0 Å². The highest BCUT2D eigenvalue weighted by atomic mass is 15.1. The fourth-order valence-electron chi connectivity index (χ4n) is 3.56. The number of para-hydroxylation sites is 1. The molecule has 0 bridgehead atoms. The predicted molar refractivity (Wildman–Crippen MR) is 81.7 cm³/mol. The molecule has 19 heavy (non-hydrogen) atoms. The molecule has 1 aromatic rings. The number of anilines is 1. The molecule has 1 saturated heterocycles. The standard InChI is InChI=1S/C17H26N2/c1-13(2)15-8-10-19(12-15)9-7-14-11-18-17-6-4-3-5-16(14)17/h3-6,13-15,18H,7-12H2,1-2H3. The molecule has 0 aliphatic carbocycles. The fraction of sp³-hybridized carbons (Fsp3) is 0.647. The summed E-state index contributed by atoms with van der Waals surface area (Å²) in [4.78, 5) is 2.67. The average molecular weight is 258 g/mol. The number of benzene rings is 1. The molecule has 0 amide bonds. The van der Waals surface area contributed by atoms with Crippen LogP contribution in [-0.2, 0) is 0 Å². The summed E-state index contributed by atoms with van der Waals surface area (Å²) < 4.78 is 0. The van der Waals surface area contributed by atoms with Crippen molar-refractivity contribution in [2.24, 2.45) is 11.8 Å². The van der Waals surface area contributed by atoms with Crippen molar-refractivity contribution in [3.05, 3.63) is 29.8 Å². The fourth-order valence-corrected chi connectivity index (χ4v) is 3.56. The summed E-state index contributed by atoms with van der Waals surface area (Å²) in [6.07, 6.45) is 2.70. The van der Waals surface area contributed by atoms with Crippen molar-refractivity contribution < 1.29 is 0 Å². The second kappa shape index (κ2) is 5.54. The lowest BCUT2D eigenvalue weighted by molar-refractivity contribution is 0.294. The van der Waals surface area contributed by atoms with Crippen LogP contribution >= 0.6 is 0 Å². The Kier molecular flexibility index (Phi) is 3.79. The van der Waals surface area contributed by atoms with E-state index in [1.54, 1.807) is 0 Å². The maximum Gasteiger partial charge on any atom is 0.0376 e. The summed E-state index contributed by atoms with van der Waals surface area (Å²) in [6.45, 7) is 9.76. The van der Waals surface area contributed by atoms with Gasteiger partial charge in [-0.15, -0.1) is 0 Å². The molecule has 1 aromatic carbocycles. The van der Waals surface area contributed by atoms with Gasteiger partial charge in [-0.05, 0) is 49.4 Å². The highest BCUT2D eigenvalue weighted by molar-refractivity contribution is 5.57. The lowest BCUT2D eigenvalue weighted by Gasteiger charge is -2.19. The Hall–Kier alpha value is -1.02. The molecule has 2 nitrogen and oxygen atoms in total. The predicted octanol–water partition coefficient (Wildman–Crippen LogP) is 3.56. The summed E-state index contributed by atoms with van der Waals surface area (Å²) >= 11 is 0. The molecule has 1 fully saturated rings. The summed E-state index contributed by atoms with van der Waals surface area (Å²) in [5.74, 6) is 2.49. The molecule has 1 N–H and O–H groups in total. The molecule has 0 spiro atoms. The number of fused-ring (bicyclic) bond motifs is 1. The highest BCUT2D eigenvalue weighted by Gasteiger charge is 2.26. The van der Waals surface area contributed by atoms with Crippen LogP contribution in [0.25, 0.3) is 0 Å². The molecule has 2 unspecified atom stereocenters. The van der Waals surface area contributed by atoms with Crippen LogP contribution in [-0.4, -0.2) is 31.1 Å². The number of nitrogens with one attached hydrogen (secondary N) is 1. The van der Waals surface area contributed by atoms with E-state index in [4.69, 9.17) is 0 Å². The quantitative estimate of drug-likeness (QED) is 0.888. The third kappa shape index (κ3) is 2.79. The first-order valence-electron chi connectivity index (χ1n) is 7.79. The van der Waals surface area contributed by atoms with E-state index < -0.39 is 0 Å². The van der Waals surface area contributed by atoms with Crippen molar-refractivity contribution >= 4 is 5.69 Å². The van der Waals surface area contributed by atoms with Gasteiger partial charge in [0.15, 0.2) is 0 Å². The normalized spacial score (nSPS) is 26.7. The molecular weight excluding hydrogens is 232 g/mol. The first-order chi connectivity index (χ1) is 9.24. The molecular formula is C17H26N2. The second-order valence-electron chi connectivity index (χ2n) is 6.55. The molecule has 2 heteroatoms. The number of hydrogen-bond acceptors (Lipinski definition) is 2. The van der Waals surface area contributed by atoms with Gasteiger partial charge < -0.3 is 10.2 Å². The van der Waals surface area contributed by atoms with Crippen LogP contribution in [0.1, 0.15) is 38.2 Å². The number of hydrogen-bond donors (Lipinski definition) is 1. The smallest absolute Gasteiger partial charge is 0.0376 e. The van der Waals surface area contributed by atoms with Gasteiger partial charge in [-0.1, -0.05) is 32.0 Å². The van der Waals surface area contributed by atoms with Gasteiger partial charge in [0.05, 0.1) is 0 Å². The lowest BCUT2D eigenvalue weighted by atomic mass is 9.95. The third-order valence-electron chi connectivity index (χ3n) is 4.98. The zero-order valence-corrected chi connectivity index (χ0v) is 12.2. The summed E-state index contributed by atoms with van der Waals surface area (Å²) in [5.41, 5.74) is 2.89. The van der Waals surface area contributed by atoms with E-state index in [0.717, 1.165) is 18.4 Å². The molecule has 2 aliphatic heterocycles. The number of likely N-dealkylation sites (tertiary alicyclic amines) is 1. The van der Waals surface area contributed by atoms with E-state index >= 15 is 0 Å². The summed E-state index contributed by atoms with van der Waals surface area (Å²) in [5, 5.41) is 3.53. The minimum atomic E-state index is 0.717. The van der Waals surface area contributed by atoms with Crippen LogP contribution in [0.15, 0.2) is 24.3 Å². The molecule has 2 heterocycles. The summed E-state index contributed by atoms with van der Waals surface area (Å²) in [7, 11) is 0. The van der Waals surface area contributed by atoms with Crippen molar-refractivity contribution in [1.29, 1.82) is 0 Å². The number of nitrogens with zero attached hydrogens (tertiary/aromatic N) is 1. The molecule has 0 aromatic heterocycles. The second-order valence-corrected chi connectivity index (χ2v) is 6.55. The van der Waals surface area contributed by atoms with Gasteiger partial charge in [-0.25, -0.2) is 0 Å². The zero-order chi connectivity index (χ0) is 13.2. The number of rotatable bonds is 4. The molecule has 0 saturated carbocycles. The Morgan fingerprint density at radius 1 is 1.32 bits per heavy atom. The lowest BCUT2D eigenvalue weighted by Crippen LogP contribution is -2.24. The molecule has 2 atom stereocenters. The SMILES string of the molecule is CC(C)C1CCN(CCC2CNc3ccccc32)C1. The van der Waals surface area contributed by atoms with E-state index in [0.29, 0.717) is 5.92 Å². The Labute approximate surface area is 117 Å². The van der Waals surface area contributed by atoms with Gasteiger partial charge in [-0.2, -0.15) is 0 Å². The van der Waals surface area contributed by atoms with E-state index in [9.17, 15) is 0 Å². The van der Waals surface area contributed by atoms with Crippen LogP contribution in [0.5, 0.6) is 0 Å². The van der Waals surface area contributed by atoms with Gasteiger partial charge in [0.1, 0.15) is 0 Å². The maximum absolute atomic E-state index is 3.53. The van der Waals surface area contributed by atoms with Crippen molar-refractivity contribution in [3.8, 4) is 0 Å². The maximum atomic E-state index is 3.53. The molecule has 104 valence electrons. The van der Waals surface area contributed by atoms with E-state index in [1.807, 2.05) is 0 Å². The van der Waals surface area contributed by atoms with Crippen molar-refractivity contribution in [2.75, 3.05) is 31.5 Å². The van der Waals surface area contributed by atoms with Gasteiger partial charge in [0, 0.05) is 24.7 Å². The molecule has 0 radical (unpaired) electrons. The molecule has 2 aliphatic rings. The van der Waals surface area contributed by atoms with Gasteiger partial charge >= 0.3 is 0 Å². The first-order valence-corrected chi connectivity index (χ1v) is 7.79. The van der Waals surface area contributed by atoms with Crippen LogP contribution in [0, 0.1) is 11.8 Å². The monoisotopic (exact) mass is 258 g/mol. The topological polar surface area (TPSA) is 15.3 Å². The van der Waals surface area contributed by atoms with Gasteiger partial charge in [0.2, 0.25) is 0 Å². The average Bonchev–Trinajstić information content (AvgIpc) is 3.03. The Morgan fingerprint density at radius 2 is 2.16 bits per heavy atom. The first kappa shape index (κ1) is 13.0. The highest BCUT2D eigenvalue weighted by Crippen LogP contribution is 2.34. The minimum Gasteiger partial charge on any atom is -0.384 e. The van der Waals surface area contributed by atoms with E-state index in [2.05, 4.69) is 48.3 Å². The molecule has 3 rings (SSSR count). The third-order valence-corrected chi connectivity index (χ3v) is 4.98. The van der Waals surface area contributed by atoms with Crippen LogP contribution in [0.3, 0.4) is 0 Å². The summed E-state index contributed by atoms with van der Waals surface area (Å²) in [6, 6.07) is 8.80. The van der Waals surface area contributed by atoms with Gasteiger partial charge in [-0.3, -0.25) is 0 Å². The zero-order valence-electron chi connectivity index (χ0n) is 12.2. The minimum absolute atomic E-state index is 0.717. The van der Waals surface area contributed by atoms with Crippen LogP contribution in [0.2, 0.25) is 0 Å². The Bertz CT molecular complexity index is 427. The van der Waals surface area contributed by atoms with Crippen molar-refractivity contribution in [1.82, 2.24) is 4.90 Å². The Balaban J connectivity index is 1.52. The van der Waals surface area contributed by atoms with Crippen LogP contribution < -0.4 is 5.32 Å². The largest absolute Gasteiger partial charge is 0.384 e. The van der Waals surface area contributed by atoms with E-state index in [1.165, 1.54) is 43.7 Å². The van der Waals surface area contributed by atoms with Crippen LogP contribution in [0.4, 0.5) is 5.69 Å². The van der Waals surface area contributed by atoms with Crippen molar-refractivity contribution in [3.63, 3.8) is 0 Å². The van der Waals surface area contributed by atoms with Gasteiger partial charge in [0.25, 0.3) is 0 Å². The Morgan fingerprint density at radius 3 is 2.95 bits per heavy atom.